The van der Waals surface area contributed by atoms with Crippen molar-refractivity contribution in [3.05, 3.63) is 18.2 Å². The molecule has 126 valence electrons. The van der Waals surface area contributed by atoms with Crippen molar-refractivity contribution in [2.75, 3.05) is 27.3 Å². The fraction of sp³-hybridized carbons (Fsp3) is 0.571. The Labute approximate surface area is 138 Å². The Kier molecular flexibility index (Phi) is 6.93. The van der Waals surface area contributed by atoms with Gasteiger partial charge in [0.25, 0.3) is 0 Å². The Morgan fingerprint density at radius 3 is 2.50 bits per heavy atom. The molecule has 0 bridgehead atoms. The third kappa shape index (κ3) is 3.65. The summed E-state index contributed by atoms with van der Waals surface area (Å²) in [5.74, 6) is 0.908. The van der Waals surface area contributed by atoms with E-state index in [-0.39, 0.29) is 23.3 Å². The zero-order chi connectivity index (χ0) is 15.5. The summed E-state index contributed by atoms with van der Waals surface area (Å²) in [5, 5.41) is 0. The van der Waals surface area contributed by atoms with E-state index in [2.05, 4.69) is 0 Å². The van der Waals surface area contributed by atoms with E-state index in [4.69, 9.17) is 15.2 Å². The topological polar surface area (TPSA) is 81.9 Å². The number of sulfonamides is 1. The molecule has 2 N–H and O–H groups in total. The lowest BCUT2D eigenvalue weighted by Gasteiger charge is -2.33. The van der Waals surface area contributed by atoms with Crippen molar-refractivity contribution < 1.29 is 17.9 Å². The first-order chi connectivity index (χ1) is 10.0. The summed E-state index contributed by atoms with van der Waals surface area (Å²) in [6, 6.07) is 4.51. The van der Waals surface area contributed by atoms with Crippen LogP contribution in [0, 0.1) is 0 Å². The van der Waals surface area contributed by atoms with E-state index in [1.165, 1.54) is 24.6 Å². The average molecular weight is 351 g/mol. The highest BCUT2D eigenvalue weighted by atomic mass is 35.5. The zero-order valence-electron chi connectivity index (χ0n) is 12.8. The van der Waals surface area contributed by atoms with Crippen LogP contribution >= 0.6 is 12.4 Å². The quantitative estimate of drug-likeness (QED) is 0.872. The Morgan fingerprint density at radius 1 is 1.23 bits per heavy atom. The summed E-state index contributed by atoms with van der Waals surface area (Å²) in [6.07, 6.45) is 2.69. The number of nitrogens with two attached hydrogens (primary N) is 1. The molecule has 8 heteroatoms. The highest BCUT2D eigenvalue weighted by Crippen LogP contribution is 2.32. The standard InChI is InChI=1S/C14H22N2O4S.ClH/c1-19-13-7-6-12(9-14(13)20-2)21(17,18)16-8-4-3-5-11(16)10-15;/h6-7,9,11H,3-5,8,10,15H2,1-2H3;1H. The van der Waals surface area contributed by atoms with Crippen molar-refractivity contribution in [1.82, 2.24) is 4.31 Å². The van der Waals surface area contributed by atoms with Crippen molar-refractivity contribution in [2.24, 2.45) is 5.73 Å². The van der Waals surface area contributed by atoms with Crippen LogP contribution in [-0.4, -0.2) is 46.1 Å². The minimum atomic E-state index is -3.56. The second kappa shape index (κ2) is 8.01. The number of nitrogens with zero attached hydrogens (tertiary/aromatic N) is 1. The first kappa shape index (κ1) is 19.0. The second-order valence-electron chi connectivity index (χ2n) is 5.02. The van der Waals surface area contributed by atoms with E-state index in [0.29, 0.717) is 24.6 Å². The lowest BCUT2D eigenvalue weighted by Crippen LogP contribution is -2.47. The van der Waals surface area contributed by atoms with Gasteiger partial charge in [0.05, 0.1) is 19.1 Å². The number of hydrogen-bond donors (Lipinski definition) is 1. The van der Waals surface area contributed by atoms with E-state index in [0.717, 1.165) is 19.3 Å². The number of methoxy groups -OCH3 is 2. The Bertz CT molecular complexity index is 595. The van der Waals surface area contributed by atoms with E-state index in [9.17, 15) is 8.42 Å². The van der Waals surface area contributed by atoms with Crippen molar-refractivity contribution >= 4 is 22.4 Å². The van der Waals surface area contributed by atoms with Crippen LogP contribution in [0.2, 0.25) is 0 Å². The lowest BCUT2D eigenvalue weighted by molar-refractivity contribution is 0.257. The monoisotopic (exact) mass is 350 g/mol. The van der Waals surface area contributed by atoms with E-state index in [1.807, 2.05) is 0 Å². The molecule has 0 saturated carbocycles. The molecule has 22 heavy (non-hydrogen) atoms. The summed E-state index contributed by atoms with van der Waals surface area (Å²) in [4.78, 5) is 0.209. The molecule has 0 spiro atoms. The number of hydrogen-bond acceptors (Lipinski definition) is 5. The molecule has 1 aromatic carbocycles. The van der Waals surface area contributed by atoms with Gasteiger partial charge >= 0.3 is 0 Å². The average Bonchev–Trinajstić information content (AvgIpc) is 2.53. The highest BCUT2D eigenvalue weighted by Gasteiger charge is 2.33. The molecule has 1 atom stereocenters. The number of ether oxygens (including phenoxy) is 2. The van der Waals surface area contributed by atoms with Crippen LogP contribution in [0.5, 0.6) is 11.5 Å². The molecule has 1 aliphatic heterocycles. The predicted molar refractivity (Wildman–Crippen MR) is 87.4 cm³/mol. The minimum absolute atomic E-state index is 0. The van der Waals surface area contributed by atoms with Crippen LogP contribution in [-0.2, 0) is 10.0 Å². The first-order valence-corrected chi connectivity index (χ1v) is 8.42. The molecular formula is C14H23ClN2O4S. The number of piperidine rings is 1. The zero-order valence-corrected chi connectivity index (χ0v) is 14.5. The van der Waals surface area contributed by atoms with Gasteiger partial charge in [-0.2, -0.15) is 4.31 Å². The molecule has 1 fully saturated rings. The van der Waals surface area contributed by atoms with Gasteiger partial charge in [0, 0.05) is 25.2 Å². The third-order valence-electron chi connectivity index (χ3n) is 3.81. The molecule has 1 aromatic rings. The molecule has 2 rings (SSSR count). The van der Waals surface area contributed by atoms with Gasteiger partial charge in [-0.15, -0.1) is 12.4 Å². The van der Waals surface area contributed by atoms with Gasteiger partial charge in [-0.25, -0.2) is 8.42 Å². The van der Waals surface area contributed by atoms with E-state index < -0.39 is 10.0 Å². The van der Waals surface area contributed by atoms with E-state index in [1.54, 1.807) is 12.1 Å². The highest BCUT2D eigenvalue weighted by molar-refractivity contribution is 7.89. The fourth-order valence-corrected chi connectivity index (χ4v) is 4.36. The van der Waals surface area contributed by atoms with Crippen LogP contribution in [0.3, 0.4) is 0 Å². The molecule has 1 aliphatic rings. The summed E-state index contributed by atoms with van der Waals surface area (Å²) in [5.41, 5.74) is 5.72. The Balaban J connectivity index is 0.00000242. The largest absolute Gasteiger partial charge is 0.493 e. The maximum absolute atomic E-state index is 12.8. The van der Waals surface area contributed by atoms with Gasteiger partial charge in [0.15, 0.2) is 11.5 Å². The van der Waals surface area contributed by atoms with Crippen LogP contribution in [0.1, 0.15) is 19.3 Å². The maximum atomic E-state index is 12.8. The molecule has 0 amide bonds. The molecule has 1 saturated heterocycles. The molecule has 1 heterocycles. The third-order valence-corrected chi connectivity index (χ3v) is 5.75. The van der Waals surface area contributed by atoms with E-state index >= 15 is 0 Å². The summed E-state index contributed by atoms with van der Waals surface area (Å²) in [7, 11) is -0.564. The Morgan fingerprint density at radius 2 is 1.91 bits per heavy atom. The van der Waals surface area contributed by atoms with Crippen molar-refractivity contribution in [2.45, 2.75) is 30.2 Å². The van der Waals surface area contributed by atoms with Crippen molar-refractivity contribution in [3.8, 4) is 11.5 Å². The molecule has 0 radical (unpaired) electrons. The normalized spacial score (nSPS) is 19.3. The van der Waals surface area contributed by atoms with Gasteiger partial charge in [-0.05, 0) is 25.0 Å². The molecule has 6 nitrogen and oxygen atoms in total. The Hall–Kier alpha value is -1.02. The predicted octanol–water partition coefficient (Wildman–Crippen LogP) is 1.63. The summed E-state index contributed by atoms with van der Waals surface area (Å²) in [6.45, 7) is 0.852. The van der Waals surface area contributed by atoms with Crippen molar-refractivity contribution in [1.29, 1.82) is 0 Å². The lowest BCUT2D eigenvalue weighted by atomic mass is 10.1. The van der Waals surface area contributed by atoms with Gasteiger partial charge in [0.1, 0.15) is 0 Å². The van der Waals surface area contributed by atoms with Crippen LogP contribution in [0.25, 0.3) is 0 Å². The summed E-state index contributed by atoms with van der Waals surface area (Å²) >= 11 is 0. The SMILES string of the molecule is COc1ccc(S(=O)(=O)N2CCCCC2CN)cc1OC.Cl. The molecular weight excluding hydrogens is 328 g/mol. The van der Waals surface area contributed by atoms with Gasteiger partial charge in [-0.3, -0.25) is 0 Å². The van der Waals surface area contributed by atoms with Crippen molar-refractivity contribution in [3.63, 3.8) is 0 Å². The van der Waals surface area contributed by atoms with Crippen LogP contribution in [0.4, 0.5) is 0 Å². The number of rotatable bonds is 5. The van der Waals surface area contributed by atoms with Gasteiger partial charge < -0.3 is 15.2 Å². The maximum Gasteiger partial charge on any atom is 0.243 e. The number of halogens is 1. The van der Waals surface area contributed by atoms with Crippen LogP contribution in [0.15, 0.2) is 23.1 Å². The molecule has 0 aliphatic carbocycles. The molecule has 1 unspecified atom stereocenters. The second-order valence-corrected chi connectivity index (χ2v) is 6.91. The summed E-state index contributed by atoms with van der Waals surface area (Å²) < 4.78 is 37.4. The number of benzene rings is 1. The molecule has 0 aromatic heterocycles. The van der Waals surface area contributed by atoms with Gasteiger partial charge in [0.2, 0.25) is 10.0 Å². The smallest absolute Gasteiger partial charge is 0.243 e. The first-order valence-electron chi connectivity index (χ1n) is 6.98. The minimum Gasteiger partial charge on any atom is -0.493 e. The fourth-order valence-electron chi connectivity index (χ4n) is 2.64. The van der Waals surface area contributed by atoms with Gasteiger partial charge in [-0.1, -0.05) is 6.42 Å². The van der Waals surface area contributed by atoms with Crippen LogP contribution < -0.4 is 15.2 Å².